The van der Waals surface area contributed by atoms with Crippen molar-refractivity contribution >= 4 is 44.2 Å². The molecule has 1 aliphatic carbocycles. The molecule has 10 heteroatoms. The Morgan fingerprint density at radius 3 is 2.93 bits per heavy atom. The quantitative estimate of drug-likeness (QED) is 0.376. The lowest BCUT2D eigenvalue weighted by molar-refractivity contribution is -0.380. The molecule has 0 fully saturated rings. The predicted octanol–water partition coefficient (Wildman–Crippen LogP) is 3.52. The summed E-state index contributed by atoms with van der Waals surface area (Å²) < 4.78 is 5.29. The molecule has 1 unspecified atom stereocenters. The molecule has 2 aromatic heterocycles. The maximum absolute atomic E-state index is 13.0. The van der Waals surface area contributed by atoms with Crippen molar-refractivity contribution in [2.45, 2.75) is 26.2 Å². The lowest BCUT2D eigenvalue weighted by Crippen LogP contribution is -2.23. The van der Waals surface area contributed by atoms with Crippen molar-refractivity contribution < 1.29 is 19.2 Å². The highest BCUT2D eigenvalue weighted by Gasteiger charge is 2.26. The number of hydrogen-bond acceptors (Lipinski definition) is 8. The molecule has 0 bridgehead atoms. The van der Waals surface area contributed by atoms with Crippen LogP contribution in [0.1, 0.15) is 35.0 Å². The van der Waals surface area contributed by atoms with Gasteiger partial charge in [-0.3, -0.25) is 25.2 Å². The molecule has 2 heterocycles. The standard InChI is InChI=1S/C20H18N4O5S/c1-11-6-7-15-13(8-11)18(12-4-2-3-5-14(12)22-15)19(26)29-10-16(25)23-20-21-9-17(30-20)24(27)28/h2-5,9,11H,6-8,10H2,1H3,(H,21,23,25). The first-order valence-electron chi connectivity index (χ1n) is 9.40. The number of aryl methyl sites for hydroxylation is 1. The van der Waals surface area contributed by atoms with E-state index in [1.165, 1.54) is 0 Å². The van der Waals surface area contributed by atoms with Gasteiger partial charge in [-0.2, -0.15) is 0 Å². The number of benzene rings is 1. The zero-order chi connectivity index (χ0) is 21.3. The van der Waals surface area contributed by atoms with Crippen LogP contribution in [0.4, 0.5) is 10.1 Å². The molecule has 0 aliphatic heterocycles. The molecule has 154 valence electrons. The van der Waals surface area contributed by atoms with Crippen LogP contribution < -0.4 is 5.32 Å². The zero-order valence-electron chi connectivity index (χ0n) is 16.1. The number of anilines is 1. The van der Waals surface area contributed by atoms with E-state index in [0.717, 1.165) is 53.6 Å². The van der Waals surface area contributed by atoms with Crippen molar-refractivity contribution in [3.63, 3.8) is 0 Å². The molecule has 0 spiro atoms. The van der Waals surface area contributed by atoms with Gasteiger partial charge in [-0.25, -0.2) is 9.78 Å². The van der Waals surface area contributed by atoms with E-state index in [-0.39, 0.29) is 10.1 Å². The minimum absolute atomic E-state index is 0.0725. The topological polar surface area (TPSA) is 124 Å². The number of para-hydroxylation sites is 1. The minimum atomic E-state index is -0.617. The van der Waals surface area contributed by atoms with Crippen LogP contribution in [0, 0.1) is 16.0 Å². The highest BCUT2D eigenvalue weighted by atomic mass is 32.1. The Hall–Kier alpha value is -3.40. The summed E-state index contributed by atoms with van der Waals surface area (Å²) in [5.41, 5.74) is 2.96. The Morgan fingerprint density at radius 2 is 2.17 bits per heavy atom. The predicted molar refractivity (Wildman–Crippen MR) is 111 cm³/mol. The Bertz CT molecular complexity index is 1160. The van der Waals surface area contributed by atoms with Crippen molar-refractivity contribution in [2.24, 2.45) is 5.92 Å². The molecule has 1 aliphatic rings. The third-order valence-corrected chi connectivity index (χ3v) is 5.83. The molecule has 1 N–H and O–H groups in total. The number of thiazole rings is 1. The van der Waals surface area contributed by atoms with Crippen LogP contribution in [0.2, 0.25) is 0 Å². The second-order valence-electron chi connectivity index (χ2n) is 7.16. The normalized spacial score (nSPS) is 15.4. The van der Waals surface area contributed by atoms with Crippen molar-refractivity contribution in [1.29, 1.82) is 0 Å². The van der Waals surface area contributed by atoms with Gasteiger partial charge in [0.25, 0.3) is 5.91 Å². The summed E-state index contributed by atoms with van der Waals surface area (Å²) in [4.78, 5) is 43.7. The summed E-state index contributed by atoms with van der Waals surface area (Å²) in [5, 5.41) is 13.7. The summed E-state index contributed by atoms with van der Waals surface area (Å²) in [6, 6.07) is 7.38. The largest absolute Gasteiger partial charge is 0.452 e. The number of pyridine rings is 1. The van der Waals surface area contributed by atoms with Gasteiger partial charge in [0.05, 0.1) is 16.0 Å². The van der Waals surface area contributed by atoms with Gasteiger partial charge in [0.15, 0.2) is 11.7 Å². The minimum Gasteiger partial charge on any atom is -0.452 e. The third-order valence-electron chi connectivity index (χ3n) is 4.96. The number of nitrogens with one attached hydrogen (secondary N) is 1. The van der Waals surface area contributed by atoms with E-state index in [9.17, 15) is 19.7 Å². The maximum atomic E-state index is 13.0. The zero-order valence-corrected chi connectivity index (χ0v) is 16.9. The van der Waals surface area contributed by atoms with E-state index in [1.807, 2.05) is 24.3 Å². The van der Waals surface area contributed by atoms with Gasteiger partial charge in [0, 0.05) is 11.1 Å². The Kier molecular flexibility index (Phi) is 5.40. The molecule has 0 saturated heterocycles. The summed E-state index contributed by atoms with van der Waals surface area (Å²) in [6.07, 6.45) is 3.59. The van der Waals surface area contributed by atoms with E-state index in [2.05, 4.69) is 17.2 Å². The summed E-state index contributed by atoms with van der Waals surface area (Å²) >= 11 is 0.730. The van der Waals surface area contributed by atoms with Crippen LogP contribution in [0.3, 0.4) is 0 Å². The molecule has 3 aromatic rings. The van der Waals surface area contributed by atoms with Crippen molar-refractivity contribution in [3.8, 4) is 0 Å². The monoisotopic (exact) mass is 426 g/mol. The number of nitro groups is 1. The number of rotatable bonds is 5. The highest BCUT2D eigenvalue weighted by Crippen LogP contribution is 2.32. The fourth-order valence-electron chi connectivity index (χ4n) is 3.56. The molecule has 9 nitrogen and oxygen atoms in total. The summed E-state index contributed by atoms with van der Waals surface area (Å²) in [5.74, 6) is -0.775. The Balaban J connectivity index is 1.53. The molecule has 4 rings (SSSR count). The summed E-state index contributed by atoms with van der Waals surface area (Å²) in [7, 11) is 0. The van der Waals surface area contributed by atoms with Crippen LogP contribution in [-0.2, 0) is 22.4 Å². The van der Waals surface area contributed by atoms with E-state index >= 15 is 0 Å². The van der Waals surface area contributed by atoms with Gasteiger partial charge < -0.3 is 4.74 Å². The Morgan fingerprint density at radius 1 is 1.37 bits per heavy atom. The highest BCUT2D eigenvalue weighted by molar-refractivity contribution is 7.18. The first-order valence-corrected chi connectivity index (χ1v) is 10.2. The molecule has 30 heavy (non-hydrogen) atoms. The number of carbonyl (C=O) groups excluding carboxylic acids is 2. The van der Waals surface area contributed by atoms with E-state index < -0.39 is 23.4 Å². The average molecular weight is 426 g/mol. The van der Waals surface area contributed by atoms with Gasteiger partial charge in [-0.1, -0.05) is 25.1 Å². The first-order chi connectivity index (χ1) is 14.4. The smallest absolute Gasteiger partial charge is 0.345 e. The van der Waals surface area contributed by atoms with E-state index in [0.29, 0.717) is 16.9 Å². The van der Waals surface area contributed by atoms with Crippen molar-refractivity contribution in [2.75, 3.05) is 11.9 Å². The maximum Gasteiger partial charge on any atom is 0.345 e. The molecule has 1 aromatic carbocycles. The van der Waals surface area contributed by atoms with Gasteiger partial charge in [0.2, 0.25) is 0 Å². The number of hydrogen-bond donors (Lipinski definition) is 1. The third kappa shape index (κ3) is 3.99. The molecular formula is C20H18N4O5S. The first kappa shape index (κ1) is 19.9. The van der Waals surface area contributed by atoms with Crippen molar-refractivity contribution in [1.82, 2.24) is 9.97 Å². The number of nitrogens with zero attached hydrogens (tertiary/aromatic N) is 3. The lowest BCUT2D eigenvalue weighted by atomic mass is 9.84. The Labute approximate surface area is 175 Å². The molecule has 1 amide bonds. The number of carbonyl (C=O) groups is 2. The van der Waals surface area contributed by atoms with Gasteiger partial charge >= 0.3 is 11.0 Å². The fourth-order valence-corrected chi connectivity index (χ4v) is 4.21. The number of esters is 1. The number of ether oxygens (including phenoxy) is 1. The molecular weight excluding hydrogens is 408 g/mol. The van der Waals surface area contributed by atoms with Crippen LogP contribution in [-0.4, -0.2) is 33.4 Å². The van der Waals surface area contributed by atoms with Crippen LogP contribution in [0.5, 0.6) is 0 Å². The van der Waals surface area contributed by atoms with Crippen LogP contribution >= 0.6 is 11.3 Å². The van der Waals surface area contributed by atoms with Crippen LogP contribution in [0.15, 0.2) is 30.5 Å². The van der Waals surface area contributed by atoms with E-state index in [1.54, 1.807) is 0 Å². The summed E-state index contributed by atoms with van der Waals surface area (Å²) in [6.45, 7) is 1.61. The molecule has 0 radical (unpaired) electrons. The van der Waals surface area contributed by atoms with E-state index in [4.69, 9.17) is 9.72 Å². The fraction of sp³-hybridized carbons (Fsp3) is 0.300. The molecule has 1 atom stereocenters. The number of amides is 1. The van der Waals surface area contributed by atoms with Gasteiger partial charge in [0.1, 0.15) is 6.20 Å². The number of aromatic nitrogens is 2. The average Bonchev–Trinajstić information content (AvgIpc) is 3.19. The molecule has 0 saturated carbocycles. The van der Waals surface area contributed by atoms with Gasteiger partial charge in [-0.05, 0) is 48.1 Å². The SMILES string of the molecule is CC1CCc2nc3ccccc3c(C(=O)OCC(=O)Nc3ncc([N+](=O)[O-])s3)c2C1. The van der Waals surface area contributed by atoms with Crippen LogP contribution in [0.25, 0.3) is 10.9 Å². The van der Waals surface area contributed by atoms with Gasteiger partial charge in [-0.15, -0.1) is 0 Å². The van der Waals surface area contributed by atoms with Crippen molar-refractivity contribution in [3.05, 3.63) is 57.4 Å². The number of fused-ring (bicyclic) bond motifs is 2. The second-order valence-corrected chi connectivity index (χ2v) is 8.17. The lowest BCUT2D eigenvalue weighted by Gasteiger charge is -2.24. The second kappa shape index (κ2) is 8.15.